The summed E-state index contributed by atoms with van der Waals surface area (Å²) in [7, 11) is 3.06. The molecule has 1 aliphatic rings. The maximum Gasteiger partial charge on any atom is 0.292 e. The summed E-state index contributed by atoms with van der Waals surface area (Å²) >= 11 is 0. The largest absolute Gasteiger partial charge is 0.493 e. The first-order valence-electron chi connectivity index (χ1n) is 9.99. The minimum absolute atomic E-state index is 0.0310. The SMILES string of the molecule is COc1cccc(C=NNC(=O)c2c(CN3CCOCC3)nnn2-c2nonc2N)c1OC. The molecule has 14 heteroatoms. The number of hydrogen-bond donors (Lipinski definition) is 2. The van der Waals surface area contributed by atoms with Gasteiger partial charge in [-0.1, -0.05) is 11.3 Å². The second-order valence-electron chi connectivity index (χ2n) is 6.94. The van der Waals surface area contributed by atoms with Crippen LogP contribution in [0.1, 0.15) is 21.7 Å². The van der Waals surface area contributed by atoms with Crippen LogP contribution in [0.2, 0.25) is 0 Å². The number of morpholine rings is 1. The molecule has 33 heavy (non-hydrogen) atoms. The monoisotopic (exact) mass is 457 g/mol. The number of benzene rings is 1. The van der Waals surface area contributed by atoms with Gasteiger partial charge in [0.25, 0.3) is 5.91 Å². The van der Waals surface area contributed by atoms with E-state index in [1.807, 2.05) is 0 Å². The molecule has 0 aliphatic carbocycles. The van der Waals surface area contributed by atoms with Crippen LogP contribution in [0, 0.1) is 0 Å². The van der Waals surface area contributed by atoms with E-state index in [1.54, 1.807) is 18.2 Å². The first-order chi connectivity index (χ1) is 16.1. The molecule has 1 saturated heterocycles. The van der Waals surface area contributed by atoms with Crippen LogP contribution >= 0.6 is 0 Å². The summed E-state index contributed by atoms with van der Waals surface area (Å²) in [6.07, 6.45) is 1.45. The fourth-order valence-electron chi connectivity index (χ4n) is 3.33. The third kappa shape index (κ3) is 4.75. The van der Waals surface area contributed by atoms with Crippen LogP contribution in [-0.4, -0.2) is 82.9 Å². The molecule has 1 aliphatic heterocycles. The van der Waals surface area contributed by atoms with Crippen molar-refractivity contribution in [3.8, 4) is 17.3 Å². The molecular weight excluding hydrogens is 434 g/mol. The van der Waals surface area contributed by atoms with Gasteiger partial charge in [0.1, 0.15) is 5.69 Å². The zero-order valence-electron chi connectivity index (χ0n) is 18.1. The highest BCUT2D eigenvalue weighted by atomic mass is 16.6. The van der Waals surface area contributed by atoms with Gasteiger partial charge in [0.15, 0.2) is 17.2 Å². The first-order valence-corrected chi connectivity index (χ1v) is 9.99. The summed E-state index contributed by atoms with van der Waals surface area (Å²) in [5.41, 5.74) is 9.44. The summed E-state index contributed by atoms with van der Waals surface area (Å²) < 4.78 is 21.9. The van der Waals surface area contributed by atoms with Gasteiger partial charge < -0.3 is 19.9 Å². The van der Waals surface area contributed by atoms with Crippen LogP contribution in [0.3, 0.4) is 0 Å². The third-order valence-electron chi connectivity index (χ3n) is 4.93. The van der Waals surface area contributed by atoms with Gasteiger partial charge in [-0.3, -0.25) is 9.69 Å². The molecule has 3 heterocycles. The Kier molecular flexibility index (Phi) is 6.75. The molecule has 4 rings (SSSR count). The van der Waals surface area contributed by atoms with E-state index in [0.717, 1.165) is 0 Å². The molecule has 174 valence electrons. The van der Waals surface area contributed by atoms with Crippen molar-refractivity contribution in [1.82, 2.24) is 35.6 Å². The molecule has 1 fully saturated rings. The quantitative estimate of drug-likeness (QED) is 0.341. The Bertz CT molecular complexity index is 1140. The van der Waals surface area contributed by atoms with Crippen molar-refractivity contribution >= 4 is 17.9 Å². The van der Waals surface area contributed by atoms with Crippen molar-refractivity contribution in [3.63, 3.8) is 0 Å². The van der Waals surface area contributed by atoms with Gasteiger partial charge in [-0.15, -0.1) is 5.10 Å². The lowest BCUT2D eigenvalue weighted by Crippen LogP contribution is -2.36. The number of aromatic nitrogens is 5. The van der Waals surface area contributed by atoms with E-state index < -0.39 is 5.91 Å². The minimum Gasteiger partial charge on any atom is -0.493 e. The maximum absolute atomic E-state index is 13.1. The zero-order chi connectivity index (χ0) is 23.2. The van der Waals surface area contributed by atoms with Crippen molar-refractivity contribution in [2.24, 2.45) is 5.10 Å². The number of nitrogens with zero attached hydrogens (tertiary/aromatic N) is 7. The number of rotatable bonds is 8. The van der Waals surface area contributed by atoms with Crippen molar-refractivity contribution in [2.45, 2.75) is 6.54 Å². The fourth-order valence-corrected chi connectivity index (χ4v) is 3.33. The predicted molar refractivity (Wildman–Crippen MR) is 114 cm³/mol. The number of nitrogens with two attached hydrogens (primary N) is 1. The number of anilines is 1. The number of hydrazone groups is 1. The average Bonchev–Trinajstić information content (AvgIpc) is 3.45. The Morgan fingerprint density at radius 1 is 1.27 bits per heavy atom. The molecule has 1 aromatic carbocycles. The second-order valence-corrected chi connectivity index (χ2v) is 6.94. The van der Waals surface area contributed by atoms with Gasteiger partial charge in [-0.25, -0.2) is 10.1 Å². The number of methoxy groups -OCH3 is 2. The van der Waals surface area contributed by atoms with Crippen molar-refractivity contribution < 1.29 is 23.6 Å². The van der Waals surface area contributed by atoms with Crippen LogP contribution in [0.15, 0.2) is 27.9 Å². The van der Waals surface area contributed by atoms with E-state index in [0.29, 0.717) is 55.6 Å². The van der Waals surface area contributed by atoms with Gasteiger partial charge >= 0.3 is 0 Å². The van der Waals surface area contributed by atoms with Crippen molar-refractivity contribution in [1.29, 1.82) is 0 Å². The van der Waals surface area contributed by atoms with E-state index in [-0.39, 0.29) is 17.3 Å². The average molecular weight is 457 g/mol. The molecule has 0 atom stereocenters. The smallest absolute Gasteiger partial charge is 0.292 e. The van der Waals surface area contributed by atoms with Crippen molar-refractivity contribution in [2.75, 3.05) is 46.3 Å². The van der Waals surface area contributed by atoms with Gasteiger partial charge in [-0.05, 0) is 22.4 Å². The standard InChI is InChI=1S/C19H23N9O5/c1-30-14-5-3-4-12(16(14)31-2)10-21-23-19(29)15-13(11-27-6-8-32-9-7-27)22-26-28(15)18-17(20)24-33-25-18/h3-5,10H,6-9,11H2,1-2H3,(H2,20,24)(H,23,29). The van der Waals surface area contributed by atoms with Crippen molar-refractivity contribution in [3.05, 3.63) is 35.2 Å². The first kappa shape index (κ1) is 22.2. The predicted octanol–water partition coefficient (Wildman–Crippen LogP) is -0.154. The van der Waals surface area contributed by atoms with Crippen LogP contribution in [-0.2, 0) is 11.3 Å². The number of para-hydroxylation sites is 1. The summed E-state index contributed by atoms with van der Waals surface area (Å²) in [5.74, 6) is 0.482. The summed E-state index contributed by atoms with van der Waals surface area (Å²) in [5, 5.41) is 19.5. The Morgan fingerprint density at radius 2 is 2.09 bits per heavy atom. The molecule has 2 aromatic heterocycles. The zero-order valence-corrected chi connectivity index (χ0v) is 18.1. The van der Waals surface area contributed by atoms with E-state index in [4.69, 9.17) is 19.9 Å². The minimum atomic E-state index is -0.566. The Hall–Kier alpha value is -4.04. The number of hydrogen-bond acceptors (Lipinski definition) is 12. The molecule has 3 aromatic rings. The molecule has 1 amide bonds. The lowest BCUT2D eigenvalue weighted by Gasteiger charge is -2.25. The highest BCUT2D eigenvalue weighted by molar-refractivity contribution is 5.95. The van der Waals surface area contributed by atoms with Gasteiger partial charge in [-0.2, -0.15) is 9.78 Å². The number of ether oxygens (including phenoxy) is 3. The Balaban J connectivity index is 1.60. The van der Waals surface area contributed by atoms with Crippen LogP contribution in [0.4, 0.5) is 5.82 Å². The second kappa shape index (κ2) is 10.1. The van der Waals surface area contributed by atoms with Gasteiger partial charge in [0.05, 0.1) is 33.6 Å². The molecular formula is C19H23N9O5. The molecule has 0 radical (unpaired) electrons. The number of nitrogen functional groups attached to an aromatic ring is 1. The lowest BCUT2D eigenvalue weighted by atomic mass is 10.2. The Morgan fingerprint density at radius 3 is 2.79 bits per heavy atom. The number of carbonyl (C=O) groups excluding carboxylic acids is 1. The molecule has 3 N–H and O–H groups in total. The van der Waals surface area contributed by atoms with Gasteiger partial charge in [0, 0.05) is 25.2 Å². The van der Waals surface area contributed by atoms with Gasteiger partial charge in [0.2, 0.25) is 11.6 Å². The topological polar surface area (TPSA) is 168 Å². The highest BCUT2D eigenvalue weighted by Gasteiger charge is 2.26. The summed E-state index contributed by atoms with van der Waals surface area (Å²) in [4.78, 5) is 15.2. The number of carbonyl (C=O) groups is 1. The number of amides is 1. The molecule has 14 nitrogen and oxygen atoms in total. The number of nitrogens with one attached hydrogen (secondary N) is 1. The molecule has 0 unspecified atom stereocenters. The van der Waals surface area contributed by atoms with E-state index >= 15 is 0 Å². The van der Waals surface area contributed by atoms with Crippen LogP contribution in [0.25, 0.3) is 5.82 Å². The van der Waals surface area contributed by atoms with E-state index in [1.165, 1.54) is 25.1 Å². The summed E-state index contributed by atoms with van der Waals surface area (Å²) in [6.45, 7) is 2.99. The fraction of sp³-hybridized carbons (Fsp3) is 0.368. The van der Waals surface area contributed by atoms with Crippen LogP contribution < -0.4 is 20.6 Å². The lowest BCUT2D eigenvalue weighted by molar-refractivity contribution is 0.0335. The molecule has 0 spiro atoms. The summed E-state index contributed by atoms with van der Waals surface area (Å²) in [6, 6.07) is 5.31. The van der Waals surface area contributed by atoms with E-state index in [9.17, 15) is 4.79 Å². The maximum atomic E-state index is 13.1. The molecule has 0 bridgehead atoms. The normalized spacial score (nSPS) is 14.5. The van der Waals surface area contributed by atoms with E-state index in [2.05, 4.69) is 40.7 Å². The molecule has 0 saturated carbocycles. The highest BCUT2D eigenvalue weighted by Crippen LogP contribution is 2.29. The Labute approximate surface area is 188 Å². The third-order valence-corrected chi connectivity index (χ3v) is 4.93. The van der Waals surface area contributed by atoms with Crippen LogP contribution in [0.5, 0.6) is 11.5 Å².